The molecule has 21 heavy (non-hydrogen) atoms. The summed E-state index contributed by atoms with van der Waals surface area (Å²) in [5.74, 6) is 1.49. The van der Waals surface area contributed by atoms with Crippen molar-refractivity contribution in [1.29, 1.82) is 0 Å². The van der Waals surface area contributed by atoms with E-state index in [9.17, 15) is 0 Å². The number of thiazole rings is 1. The number of pyridine rings is 1. The number of aromatic nitrogens is 4. The van der Waals surface area contributed by atoms with Crippen LogP contribution in [0.25, 0.3) is 5.65 Å². The van der Waals surface area contributed by atoms with Gasteiger partial charge in [0.2, 0.25) is 0 Å². The van der Waals surface area contributed by atoms with E-state index in [-0.39, 0.29) is 0 Å². The summed E-state index contributed by atoms with van der Waals surface area (Å²) in [6.07, 6.45) is 6.34. The molecule has 1 aliphatic heterocycles. The molecule has 0 aliphatic carbocycles. The third-order valence-corrected chi connectivity index (χ3v) is 4.98. The van der Waals surface area contributed by atoms with Crippen LogP contribution in [-0.4, -0.2) is 32.7 Å². The molecular weight excluding hydrogens is 282 g/mol. The van der Waals surface area contributed by atoms with Crippen molar-refractivity contribution in [2.75, 3.05) is 18.0 Å². The fourth-order valence-electron chi connectivity index (χ4n) is 2.99. The SMILES string of the molecule is Cc1cnc(N2CCCC(c3nnc4ccccn34)C2)s1. The van der Waals surface area contributed by atoms with Crippen molar-refractivity contribution in [2.45, 2.75) is 25.7 Å². The Balaban J connectivity index is 1.63. The summed E-state index contributed by atoms with van der Waals surface area (Å²) in [6, 6.07) is 6.03. The smallest absolute Gasteiger partial charge is 0.185 e. The average molecular weight is 299 g/mol. The first-order valence-corrected chi connectivity index (χ1v) is 8.10. The number of piperidine rings is 1. The molecule has 0 amide bonds. The molecule has 0 N–H and O–H groups in total. The molecule has 1 aliphatic rings. The van der Waals surface area contributed by atoms with Gasteiger partial charge in [0, 0.05) is 36.3 Å². The zero-order valence-electron chi connectivity index (χ0n) is 11.9. The summed E-state index contributed by atoms with van der Waals surface area (Å²) in [7, 11) is 0. The molecule has 1 saturated heterocycles. The van der Waals surface area contributed by atoms with E-state index in [1.54, 1.807) is 11.3 Å². The van der Waals surface area contributed by atoms with E-state index in [1.807, 2.05) is 24.4 Å². The molecule has 1 atom stereocenters. The van der Waals surface area contributed by atoms with Crippen LogP contribution in [0.1, 0.15) is 29.5 Å². The van der Waals surface area contributed by atoms with E-state index in [1.165, 1.54) is 11.3 Å². The van der Waals surface area contributed by atoms with Gasteiger partial charge in [-0.2, -0.15) is 0 Å². The van der Waals surface area contributed by atoms with Crippen LogP contribution >= 0.6 is 11.3 Å². The maximum atomic E-state index is 4.52. The highest BCUT2D eigenvalue weighted by atomic mass is 32.1. The van der Waals surface area contributed by atoms with Gasteiger partial charge < -0.3 is 4.90 Å². The van der Waals surface area contributed by atoms with Crippen molar-refractivity contribution >= 4 is 22.1 Å². The van der Waals surface area contributed by atoms with Crippen molar-refractivity contribution in [3.05, 3.63) is 41.3 Å². The van der Waals surface area contributed by atoms with Gasteiger partial charge in [-0.15, -0.1) is 21.5 Å². The van der Waals surface area contributed by atoms with E-state index in [2.05, 4.69) is 37.6 Å². The highest BCUT2D eigenvalue weighted by Gasteiger charge is 2.26. The Kier molecular flexibility index (Phi) is 3.11. The second kappa shape index (κ2) is 5.11. The summed E-state index contributed by atoms with van der Waals surface area (Å²) in [4.78, 5) is 8.17. The van der Waals surface area contributed by atoms with Crippen molar-refractivity contribution in [3.63, 3.8) is 0 Å². The maximum absolute atomic E-state index is 4.52. The zero-order chi connectivity index (χ0) is 14.2. The van der Waals surface area contributed by atoms with Crippen molar-refractivity contribution in [3.8, 4) is 0 Å². The molecule has 1 unspecified atom stereocenters. The number of hydrogen-bond acceptors (Lipinski definition) is 5. The normalized spacial score (nSPS) is 19.3. The number of nitrogens with zero attached hydrogens (tertiary/aromatic N) is 5. The van der Waals surface area contributed by atoms with Crippen molar-refractivity contribution in [2.24, 2.45) is 0 Å². The first-order chi connectivity index (χ1) is 10.3. The zero-order valence-corrected chi connectivity index (χ0v) is 12.8. The quantitative estimate of drug-likeness (QED) is 0.730. The monoisotopic (exact) mass is 299 g/mol. The predicted molar refractivity (Wildman–Crippen MR) is 84.0 cm³/mol. The first-order valence-electron chi connectivity index (χ1n) is 7.28. The van der Waals surface area contributed by atoms with Gasteiger partial charge in [-0.3, -0.25) is 4.40 Å². The maximum Gasteiger partial charge on any atom is 0.185 e. The Bertz CT molecular complexity index is 762. The van der Waals surface area contributed by atoms with Gasteiger partial charge in [-0.05, 0) is 31.9 Å². The topological polar surface area (TPSA) is 46.3 Å². The lowest BCUT2D eigenvalue weighted by molar-refractivity contribution is 0.488. The molecule has 0 radical (unpaired) electrons. The standard InChI is InChI=1S/C15H17N5S/c1-11-9-16-15(21-11)19-7-4-5-12(10-19)14-18-17-13-6-2-3-8-20(13)14/h2-3,6,8-9,12H,4-5,7,10H2,1H3. The third-order valence-electron chi connectivity index (χ3n) is 4.01. The largest absolute Gasteiger partial charge is 0.347 e. The number of aryl methyl sites for hydroxylation is 1. The van der Waals surface area contributed by atoms with Crippen LogP contribution in [0.4, 0.5) is 5.13 Å². The second-order valence-corrected chi connectivity index (χ2v) is 6.74. The van der Waals surface area contributed by atoms with E-state index in [0.29, 0.717) is 5.92 Å². The van der Waals surface area contributed by atoms with Crippen LogP contribution in [0.5, 0.6) is 0 Å². The number of anilines is 1. The number of rotatable bonds is 2. The van der Waals surface area contributed by atoms with Crippen LogP contribution in [0.15, 0.2) is 30.6 Å². The molecule has 1 fully saturated rings. The predicted octanol–water partition coefficient (Wildman–Crippen LogP) is 2.88. The summed E-state index contributed by atoms with van der Waals surface area (Å²) in [5.41, 5.74) is 0.926. The lowest BCUT2D eigenvalue weighted by atomic mass is 9.97. The molecule has 108 valence electrons. The fourth-order valence-corrected chi connectivity index (χ4v) is 3.78. The first kappa shape index (κ1) is 12.8. The number of hydrogen-bond donors (Lipinski definition) is 0. The molecule has 3 aromatic heterocycles. The molecule has 0 saturated carbocycles. The molecule has 0 spiro atoms. The van der Waals surface area contributed by atoms with E-state index >= 15 is 0 Å². The summed E-state index contributed by atoms with van der Waals surface area (Å²) in [6.45, 7) is 4.16. The lowest BCUT2D eigenvalue weighted by Gasteiger charge is -2.31. The Morgan fingerprint density at radius 1 is 1.29 bits per heavy atom. The van der Waals surface area contributed by atoms with Crippen LogP contribution in [0.3, 0.4) is 0 Å². The van der Waals surface area contributed by atoms with Crippen molar-refractivity contribution < 1.29 is 0 Å². The van der Waals surface area contributed by atoms with Crippen LogP contribution in [0.2, 0.25) is 0 Å². The average Bonchev–Trinajstić information content (AvgIpc) is 3.13. The van der Waals surface area contributed by atoms with E-state index in [0.717, 1.165) is 36.1 Å². The fraction of sp³-hybridized carbons (Fsp3) is 0.400. The molecule has 6 heteroatoms. The third kappa shape index (κ3) is 2.29. The molecule has 0 bridgehead atoms. The van der Waals surface area contributed by atoms with Crippen LogP contribution < -0.4 is 4.90 Å². The van der Waals surface area contributed by atoms with Crippen molar-refractivity contribution in [1.82, 2.24) is 19.6 Å². The van der Waals surface area contributed by atoms with Gasteiger partial charge in [0.25, 0.3) is 0 Å². The Hall–Kier alpha value is -1.95. The van der Waals surface area contributed by atoms with Gasteiger partial charge >= 0.3 is 0 Å². The molecule has 4 heterocycles. The Morgan fingerprint density at radius 3 is 3.10 bits per heavy atom. The van der Waals surface area contributed by atoms with E-state index < -0.39 is 0 Å². The number of fused-ring (bicyclic) bond motifs is 1. The lowest BCUT2D eigenvalue weighted by Crippen LogP contribution is -2.35. The van der Waals surface area contributed by atoms with Gasteiger partial charge in [-0.25, -0.2) is 4.98 Å². The molecule has 4 rings (SSSR count). The van der Waals surface area contributed by atoms with Crippen LogP contribution in [-0.2, 0) is 0 Å². The molecule has 5 nitrogen and oxygen atoms in total. The minimum Gasteiger partial charge on any atom is -0.347 e. The second-order valence-electron chi connectivity index (χ2n) is 5.53. The van der Waals surface area contributed by atoms with Gasteiger partial charge in [0.15, 0.2) is 10.8 Å². The minimum absolute atomic E-state index is 0.417. The Morgan fingerprint density at radius 2 is 2.24 bits per heavy atom. The minimum atomic E-state index is 0.417. The summed E-state index contributed by atoms with van der Waals surface area (Å²) in [5, 5.41) is 9.83. The highest BCUT2D eigenvalue weighted by molar-refractivity contribution is 7.15. The van der Waals surface area contributed by atoms with Gasteiger partial charge in [0.05, 0.1) is 0 Å². The summed E-state index contributed by atoms with van der Waals surface area (Å²) < 4.78 is 2.11. The van der Waals surface area contributed by atoms with Gasteiger partial charge in [-0.1, -0.05) is 6.07 Å². The summed E-state index contributed by atoms with van der Waals surface area (Å²) >= 11 is 1.77. The highest BCUT2D eigenvalue weighted by Crippen LogP contribution is 2.31. The molecular formula is C15H17N5S. The van der Waals surface area contributed by atoms with Gasteiger partial charge in [0.1, 0.15) is 5.82 Å². The van der Waals surface area contributed by atoms with Crippen LogP contribution in [0, 0.1) is 6.92 Å². The Labute approximate surface area is 127 Å². The van der Waals surface area contributed by atoms with E-state index in [4.69, 9.17) is 0 Å². The molecule has 3 aromatic rings. The molecule has 0 aromatic carbocycles.